The number of halogens is 1. The van der Waals surface area contributed by atoms with Gasteiger partial charge in [0.2, 0.25) is 5.91 Å². The van der Waals surface area contributed by atoms with Crippen molar-refractivity contribution in [2.45, 2.75) is 19.8 Å². The minimum absolute atomic E-state index is 0.0470. The molecule has 2 aromatic rings. The molecule has 1 heterocycles. The maximum absolute atomic E-state index is 12.5. The van der Waals surface area contributed by atoms with E-state index in [0.717, 1.165) is 19.5 Å². The number of benzene rings is 2. The van der Waals surface area contributed by atoms with Crippen LogP contribution in [0, 0.1) is 5.92 Å². The second-order valence-corrected chi connectivity index (χ2v) is 7.02. The molecule has 4 nitrogen and oxygen atoms in total. The van der Waals surface area contributed by atoms with Crippen LogP contribution in [0.3, 0.4) is 0 Å². The van der Waals surface area contributed by atoms with Crippen molar-refractivity contribution in [1.82, 2.24) is 4.90 Å². The van der Waals surface area contributed by atoms with E-state index in [-0.39, 0.29) is 5.91 Å². The number of carbonyl (C=O) groups excluding carboxylic acids is 1. The summed E-state index contributed by atoms with van der Waals surface area (Å²) in [5.74, 6) is 1.89. The van der Waals surface area contributed by atoms with Gasteiger partial charge in [-0.15, -0.1) is 0 Å². The first-order valence-electron chi connectivity index (χ1n) is 8.65. The zero-order valence-electron chi connectivity index (χ0n) is 14.4. The van der Waals surface area contributed by atoms with Crippen molar-refractivity contribution < 1.29 is 9.53 Å². The lowest BCUT2D eigenvalue weighted by Crippen LogP contribution is -2.39. The number of hydrogen-bond acceptors (Lipinski definition) is 3. The smallest absolute Gasteiger partial charge is 0.238 e. The molecule has 0 radical (unpaired) electrons. The third-order valence-corrected chi connectivity index (χ3v) is 4.53. The first kappa shape index (κ1) is 17.8. The van der Waals surface area contributed by atoms with Gasteiger partial charge in [0.05, 0.1) is 12.2 Å². The van der Waals surface area contributed by atoms with Gasteiger partial charge in [0.15, 0.2) is 5.75 Å². The highest BCUT2D eigenvalue weighted by molar-refractivity contribution is 6.31. The van der Waals surface area contributed by atoms with E-state index in [4.69, 9.17) is 16.3 Å². The van der Waals surface area contributed by atoms with Crippen LogP contribution in [0.2, 0.25) is 5.02 Å². The predicted octanol–water partition coefficient (Wildman–Crippen LogP) is 4.80. The van der Waals surface area contributed by atoms with Crippen molar-refractivity contribution in [3.63, 3.8) is 0 Å². The van der Waals surface area contributed by atoms with Crippen LogP contribution in [0.4, 0.5) is 5.69 Å². The highest BCUT2D eigenvalue weighted by atomic mass is 35.5. The molecule has 132 valence electrons. The molecule has 0 aliphatic carbocycles. The Morgan fingerprint density at radius 2 is 2.08 bits per heavy atom. The molecular formula is C20H23ClN2O2. The minimum Gasteiger partial charge on any atom is -0.455 e. The third kappa shape index (κ3) is 5.21. The van der Waals surface area contributed by atoms with Gasteiger partial charge in [0.1, 0.15) is 5.75 Å². The number of rotatable bonds is 5. The molecule has 0 spiro atoms. The van der Waals surface area contributed by atoms with Crippen LogP contribution in [-0.2, 0) is 4.79 Å². The van der Waals surface area contributed by atoms with Gasteiger partial charge in [0.25, 0.3) is 0 Å². The molecule has 1 N–H and O–H groups in total. The van der Waals surface area contributed by atoms with Gasteiger partial charge >= 0.3 is 0 Å². The van der Waals surface area contributed by atoms with Crippen molar-refractivity contribution in [3.8, 4) is 11.5 Å². The van der Waals surface area contributed by atoms with Crippen LogP contribution < -0.4 is 10.1 Å². The minimum atomic E-state index is -0.0470. The van der Waals surface area contributed by atoms with Gasteiger partial charge in [-0.2, -0.15) is 0 Å². The molecule has 0 saturated carbocycles. The number of hydrogen-bond donors (Lipinski definition) is 1. The zero-order chi connectivity index (χ0) is 17.6. The van der Waals surface area contributed by atoms with E-state index in [2.05, 4.69) is 17.1 Å². The van der Waals surface area contributed by atoms with Gasteiger partial charge in [0, 0.05) is 11.6 Å². The maximum atomic E-state index is 12.5. The molecule has 0 bridgehead atoms. The summed E-state index contributed by atoms with van der Waals surface area (Å²) in [5, 5.41) is 3.50. The number of carbonyl (C=O) groups is 1. The molecule has 1 saturated heterocycles. The van der Waals surface area contributed by atoms with E-state index < -0.39 is 0 Å². The normalized spacial score (nSPS) is 17.9. The molecule has 1 atom stereocenters. The van der Waals surface area contributed by atoms with Gasteiger partial charge in [-0.25, -0.2) is 0 Å². The molecule has 25 heavy (non-hydrogen) atoms. The molecule has 1 aliphatic rings. The third-order valence-electron chi connectivity index (χ3n) is 4.30. The van der Waals surface area contributed by atoms with Crippen LogP contribution in [0.1, 0.15) is 19.8 Å². The van der Waals surface area contributed by atoms with E-state index in [1.54, 1.807) is 18.2 Å². The Kier molecular flexibility index (Phi) is 5.95. The first-order chi connectivity index (χ1) is 12.1. The molecule has 5 heteroatoms. The Labute approximate surface area is 153 Å². The lowest BCUT2D eigenvalue weighted by molar-refractivity contribution is -0.117. The molecule has 1 aliphatic heterocycles. The van der Waals surface area contributed by atoms with Gasteiger partial charge in [-0.05, 0) is 55.6 Å². The fourth-order valence-electron chi connectivity index (χ4n) is 3.13. The highest BCUT2D eigenvalue weighted by Gasteiger charge is 2.19. The summed E-state index contributed by atoms with van der Waals surface area (Å²) in [5.41, 5.74) is 0.589. The summed E-state index contributed by atoms with van der Waals surface area (Å²) in [7, 11) is 0. The number of piperidine rings is 1. The quantitative estimate of drug-likeness (QED) is 0.834. The van der Waals surface area contributed by atoms with Gasteiger partial charge in [-0.1, -0.05) is 36.7 Å². The summed E-state index contributed by atoms with van der Waals surface area (Å²) in [6, 6.07) is 14.7. The Bertz CT molecular complexity index is 721. The van der Waals surface area contributed by atoms with Crippen LogP contribution in [0.25, 0.3) is 0 Å². The van der Waals surface area contributed by atoms with Crippen molar-refractivity contribution in [2.24, 2.45) is 5.92 Å². The second kappa shape index (κ2) is 8.37. The van der Waals surface area contributed by atoms with E-state index in [0.29, 0.717) is 34.7 Å². The number of para-hydroxylation sites is 1. The van der Waals surface area contributed by atoms with Gasteiger partial charge in [-0.3, -0.25) is 9.69 Å². The Hall–Kier alpha value is -2.04. The Morgan fingerprint density at radius 3 is 2.84 bits per heavy atom. The lowest BCUT2D eigenvalue weighted by Gasteiger charge is -2.30. The Balaban J connectivity index is 1.68. The van der Waals surface area contributed by atoms with Crippen molar-refractivity contribution in [1.29, 1.82) is 0 Å². The molecule has 1 fully saturated rings. The van der Waals surface area contributed by atoms with E-state index in [9.17, 15) is 4.79 Å². The number of anilines is 1. The van der Waals surface area contributed by atoms with Crippen LogP contribution >= 0.6 is 11.6 Å². The second-order valence-electron chi connectivity index (χ2n) is 6.59. The van der Waals surface area contributed by atoms with Crippen molar-refractivity contribution in [3.05, 3.63) is 53.6 Å². The van der Waals surface area contributed by atoms with Crippen LogP contribution in [0.5, 0.6) is 11.5 Å². The van der Waals surface area contributed by atoms with Gasteiger partial charge < -0.3 is 10.1 Å². The number of ether oxygens (including phenoxy) is 1. The lowest BCUT2D eigenvalue weighted by atomic mass is 10.0. The Morgan fingerprint density at radius 1 is 1.28 bits per heavy atom. The van der Waals surface area contributed by atoms with E-state index in [1.807, 2.05) is 30.3 Å². The highest BCUT2D eigenvalue weighted by Crippen LogP contribution is 2.32. The average Bonchev–Trinajstić information content (AvgIpc) is 2.58. The zero-order valence-corrected chi connectivity index (χ0v) is 15.1. The number of likely N-dealkylation sites (tertiary alicyclic amines) is 1. The number of amides is 1. The topological polar surface area (TPSA) is 41.6 Å². The average molecular weight is 359 g/mol. The summed E-state index contributed by atoms with van der Waals surface area (Å²) in [6.45, 7) is 4.56. The van der Waals surface area contributed by atoms with Crippen molar-refractivity contribution in [2.75, 3.05) is 25.0 Å². The predicted molar refractivity (Wildman–Crippen MR) is 101 cm³/mol. The molecular weight excluding hydrogens is 336 g/mol. The van der Waals surface area contributed by atoms with E-state index >= 15 is 0 Å². The van der Waals surface area contributed by atoms with E-state index in [1.165, 1.54) is 6.42 Å². The fraction of sp³-hybridized carbons (Fsp3) is 0.350. The fourth-order valence-corrected chi connectivity index (χ4v) is 3.30. The summed E-state index contributed by atoms with van der Waals surface area (Å²) < 4.78 is 5.89. The molecule has 2 aromatic carbocycles. The first-order valence-corrected chi connectivity index (χ1v) is 9.02. The van der Waals surface area contributed by atoms with Crippen molar-refractivity contribution >= 4 is 23.2 Å². The largest absolute Gasteiger partial charge is 0.455 e. The maximum Gasteiger partial charge on any atom is 0.238 e. The number of nitrogens with one attached hydrogen (secondary N) is 1. The standard InChI is InChI=1S/C20H23ClN2O2/c1-15-6-5-11-23(13-15)14-20(24)22-18-12-16(21)9-10-19(18)25-17-7-3-2-4-8-17/h2-4,7-10,12,15H,5-6,11,13-14H2,1H3,(H,22,24)/t15-/m0/s1. The molecule has 0 aromatic heterocycles. The summed E-state index contributed by atoms with van der Waals surface area (Å²) in [6.07, 6.45) is 2.38. The van der Waals surface area contributed by atoms with Crippen LogP contribution in [0.15, 0.2) is 48.5 Å². The molecule has 0 unspecified atom stereocenters. The van der Waals surface area contributed by atoms with Crippen LogP contribution in [-0.4, -0.2) is 30.4 Å². The molecule has 1 amide bonds. The number of nitrogens with zero attached hydrogens (tertiary/aromatic N) is 1. The monoisotopic (exact) mass is 358 g/mol. The SMILES string of the molecule is C[C@H]1CCCN(CC(=O)Nc2cc(Cl)ccc2Oc2ccccc2)C1. The molecule has 3 rings (SSSR count). The summed E-state index contributed by atoms with van der Waals surface area (Å²) >= 11 is 6.10. The summed E-state index contributed by atoms with van der Waals surface area (Å²) in [4.78, 5) is 14.7.